The summed E-state index contributed by atoms with van der Waals surface area (Å²) in [5.41, 5.74) is 15.5. The molecule has 0 aliphatic carbocycles. The van der Waals surface area contributed by atoms with Crippen LogP contribution in [0.25, 0.3) is 0 Å². The Morgan fingerprint density at radius 3 is 2.70 bits per heavy atom. The first-order valence-corrected chi connectivity index (χ1v) is 5.84. The molecule has 6 heteroatoms. The van der Waals surface area contributed by atoms with Crippen molar-refractivity contribution in [2.75, 3.05) is 11.5 Å². The summed E-state index contributed by atoms with van der Waals surface area (Å²) >= 11 is 0. The molecule has 102 valence electrons. The van der Waals surface area contributed by atoms with Gasteiger partial charge in [-0.25, -0.2) is 5.43 Å². The highest BCUT2D eigenvalue weighted by Crippen LogP contribution is 2.15. The lowest BCUT2D eigenvalue weighted by Crippen LogP contribution is -2.17. The van der Waals surface area contributed by atoms with Crippen molar-refractivity contribution in [2.45, 2.75) is 0 Å². The number of hydrogen-bond donors (Lipinski definition) is 4. The van der Waals surface area contributed by atoms with Crippen molar-refractivity contribution < 1.29 is 9.90 Å². The molecule has 0 saturated heterocycles. The van der Waals surface area contributed by atoms with E-state index in [1.54, 1.807) is 30.3 Å². The number of para-hydroxylation sites is 1. The largest absolute Gasteiger partial charge is 0.507 e. The number of carbonyl (C=O) groups excluding carboxylic acids is 1. The number of phenols is 1. The summed E-state index contributed by atoms with van der Waals surface area (Å²) in [5.74, 6) is -0.620. The second kappa shape index (κ2) is 5.75. The van der Waals surface area contributed by atoms with Crippen LogP contribution in [0.3, 0.4) is 0 Å². The zero-order valence-corrected chi connectivity index (χ0v) is 10.6. The number of nitrogens with one attached hydrogen (secondary N) is 1. The van der Waals surface area contributed by atoms with Gasteiger partial charge in [-0.15, -0.1) is 0 Å². The van der Waals surface area contributed by atoms with Gasteiger partial charge in [0, 0.05) is 16.9 Å². The number of carbonyl (C=O) groups is 1. The van der Waals surface area contributed by atoms with Crippen LogP contribution in [0, 0.1) is 0 Å². The van der Waals surface area contributed by atoms with Crippen molar-refractivity contribution in [3.05, 3.63) is 53.6 Å². The molecule has 0 aliphatic heterocycles. The van der Waals surface area contributed by atoms with Gasteiger partial charge >= 0.3 is 0 Å². The molecule has 20 heavy (non-hydrogen) atoms. The van der Waals surface area contributed by atoms with Gasteiger partial charge in [0.1, 0.15) is 5.75 Å². The SMILES string of the molecule is Nc1ccc(N)c(C=NNC(=O)c2ccccc2O)c1. The molecule has 0 aromatic heterocycles. The van der Waals surface area contributed by atoms with Crippen LogP contribution >= 0.6 is 0 Å². The predicted molar refractivity (Wildman–Crippen MR) is 78.4 cm³/mol. The quantitative estimate of drug-likeness (QED) is 0.382. The number of nitrogens with two attached hydrogens (primary N) is 2. The minimum Gasteiger partial charge on any atom is -0.507 e. The molecule has 0 fully saturated rings. The van der Waals surface area contributed by atoms with Crippen molar-refractivity contribution in [3.63, 3.8) is 0 Å². The lowest BCUT2D eigenvalue weighted by Gasteiger charge is -2.03. The predicted octanol–water partition coefficient (Wildman–Crippen LogP) is 1.32. The minimum atomic E-state index is -0.512. The van der Waals surface area contributed by atoms with E-state index in [4.69, 9.17) is 11.5 Å². The topological polar surface area (TPSA) is 114 Å². The van der Waals surface area contributed by atoms with E-state index in [1.807, 2.05) is 0 Å². The Bertz CT molecular complexity index is 668. The number of rotatable bonds is 3. The summed E-state index contributed by atoms with van der Waals surface area (Å²) in [5, 5.41) is 13.3. The van der Waals surface area contributed by atoms with E-state index in [2.05, 4.69) is 10.5 Å². The number of nitrogen functional groups attached to an aromatic ring is 2. The molecule has 0 bridgehead atoms. The smallest absolute Gasteiger partial charge is 0.275 e. The maximum Gasteiger partial charge on any atom is 0.275 e. The number of anilines is 2. The fraction of sp³-hybridized carbons (Fsp3) is 0. The second-order valence-corrected chi connectivity index (χ2v) is 4.10. The zero-order chi connectivity index (χ0) is 14.5. The fourth-order valence-electron chi connectivity index (χ4n) is 1.59. The van der Waals surface area contributed by atoms with Gasteiger partial charge in [0.15, 0.2) is 0 Å². The van der Waals surface area contributed by atoms with Crippen LogP contribution in [0.4, 0.5) is 11.4 Å². The molecular weight excluding hydrogens is 256 g/mol. The number of phenolic OH excluding ortho intramolecular Hbond substituents is 1. The van der Waals surface area contributed by atoms with Gasteiger partial charge in [-0.3, -0.25) is 4.79 Å². The highest BCUT2D eigenvalue weighted by Gasteiger charge is 2.08. The number of aromatic hydroxyl groups is 1. The summed E-state index contributed by atoms with van der Waals surface area (Å²) in [6.45, 7) is 0. The molecule has 0 spiro atoms. The fourth-order valence-corrected chi connectivity index (χ4v) is 1.59. The Labute approximate surface area is 115 Å². The van der Waals surface area contributed by atoms with Gasteiger partial charge in [0.05, 0.1) is 11.8 Å². The third-order valence-electron chi connectivity index (χ3n) is 2.63. The van der Waals surface area contributed by atoms with E-state index in [1.165, 1.54) is 18.3 Å². The van der Waals surface area contributed by atoms with Crippen molar-refractivity contribution in [1.29, 1.82) is 0 Å². The average Bonchev–Trinajstić information content (AvgIpc) is 2.43. The Hall–Kier alpha value is -3.02. The molecule has 0 heterocycles. The number of amides is 1. The van der Waals surface area contributed by atoms with E-state index in [9.17, 15) is 9.90 Å². The van der Waals surface area contributed by atoms with E-state index in [-0.39, 0.29) is 11.3 Å². The highest BCUT2D eigenvalue weighted by atomic mass is 16.3. The first-order valence-electron chi connectivity index (χ1n) is 5.84. The second-order valence-electron chi connectivity index (χ2n) is 4.10. The Morgan fingerprint density at radius 2 is 1.95 bits per heavy atom. The molecule has 6 nitrogen and oxygen atoms in total. The standard InChI is InChI=1S/C14H14N4O2/c15-10-5-6-12(16)9(7-10)8-17-18-14(20)11-3-1-2-4-13(11)19/h1-8,19H,15-16H2,(H,18,20). The third-order valence-corrected chi connectivity index (χ3v) is 2.63. The number of nitrogens with zero attached hydrogens (tertiary/aromatic N) is 1. The van der Waals surface area contributed by atoms with Gasteiger partial charge in [-0.1, -0.05) is 12.1 Å². The van der Waals surface area contributed by atoms with Gasteiger partial charge in [-0.2, -0.15) is 5.10 Å². The maximum atomic E-state index is 11.8. The van der Waals surface area contributed by atoms with Crippen LogP contribution in [-0.4, -0.2) is 17.2 Å². The summed E-state index contributed by atoms with van der Waals surface area (Å²) in [6.07, 6.45) is 1.39. The first kappa shape index (κ1) is 13.4. The van der Waals surface area contributed by atoms with Crippen molar-refractivity contribution in [2.24, 2.45) is 5.10 Å². The van der Waals surface area contributed by atoms with E-state index >= 15 is 0 Å². The number of benzene rings is 2. The molecule has 0 unspecified atom stereocenters. The van der Waals surface area contributed by atoms with E-state index in [0.29, 0.717) is 16.9 Å². The molecule has 0 atom stereocenters. The van der Waals surface area contributed by atoms with Crippen molar-refractivity contribution in [3.8, 4) is 5.75 Å². The lowest BCUT2D eigenvalue weighted by atomic mass is 10.2. The van der Waals surface area contributed by atoms with Crippen LogP contribution in [0.2, 0.25) is 0 Å². The molecule has 2 aromatic carbocycles. The molecule has 2 rings (SSSR count). The van der Waals surface area contributed by atoms with Crippen LogP contribution < -0.4 is 16.9 Å². The van der Waals surface area contributed by atoms with E-state index in [0.717, 1.165) is 0 Å². The van der Waals surface area contributed by atoms with Gasteiger partial charge in [0.25, 0.3) is 5.91 Å². The molecule has 6 N–H and O–H groups in total. The van der Waals surface area contributed by atoms with Gasteiger partial charge in [0.2, 0.25) is 0 Å². The van der Waals surface area contributed by atoms with Crippen LogP contribution in [-0.2, 0) is 0 Å². The summed E-state index contributed by atoms with van der Waals surface area (Å²) in [6, 6.07) is 11.2. The number of hydrazone groups is 1. The van der Waals surface area contributed by atoms with Gasteiger partial charge in [-0.05, 0) is 30.3 Å². The van der Waals surface area contributed by atoms with E-state index < -0.39 is 5.91 Å². The Morgan fingerprint density at radius 1 is 1.20 bits per heavy atom. The first-order chi connectivity index (χ1) is 9.58. The molecular formula is C14H14N4O2. The third kappa shape index (κ3) is 3.05. The Kier molecular flexibility index (Phi) is 3.85. The zero-order valence-electron chi connectivity index (χ0n) is 10.6. The normalized spacial score (nSPS) is 10.6. The van der Waals surface area contributed by atoms with Crippen molar-refractivity contribution >= 4 is 23.5 Å². The molecule has 2 aromatic rings. The Balaban J connectivity index is 2.09. The molecule has 1 amide bonds. The average molecular weight is 270 g/mol. The monoisotopic (exact) mass is 270 g/mol. The molecule has 0 radical (unpaired) electrons. The summed E-state index contributed by atoms with van der Waals surface area (Å²) in [7, 11) is 0. The van der Waals surface area contributed by atoms with Crippen LogP contribution in [0.5, 0.6) is 5.75 Å². The summed E-state index contributed by atoms with van der Waals surface area (Å²) in [4.78, 5) is 11.8. The minimum absolute atomic E-state index is 0.108. The number of hydrogen-bond acceptors (Lipinski definition) is 5. The van der Waals surface area contributed by atoms with Crippen LogP contribution in [0.15, 0.2) is 47.6 Å². The van der Waals surface area contributed by atoms with Crippen LogP contribution in [0.1, 0.15) is 15.9 Å². The highest BCUT2D eigenvalue weighted by molar-refractivity contribution is 5.97. The molecule has 0 saturated carbocycles. The maximum absolute atomic E-state index is 11.8. The van der Waals surface area contributed by atoms with Gasteiger partial charge < -0.3 is 16.6 Å². The van der Waals surface area contributed by atoms with Crippen molar-refractivity contribution in [1.82, 2.24) is 5.43 Å². The lowest BCUT2D eigenvalue weighted by molar-refractivity contribution is 0.0952. The summed E-state index contributed by atoms with van der Waals surface area (Å²) < 4.78 is 0. The molecule has 0 aliphatic rings.